The summed E-state index contributed by atoms with van der Waals surface area (Å²) in [5.41, 5.74) is 0.611. The number of carbonyl (C=O) groups excluding carboxylic acids is 3. The molecule has 0 heterocycles. The Bertz CT molecular complexity index is 645. The zero-order valence-corrected chi connectivity index (χ0v) is 13.5. The number of carbonyl (C=O) groups is 3. The lowest BCUT2D eigenvalue weighted by atomic mass is 10.2. The van der Waals surface area contributed by atoms with Gasteiger partial charge in [0, 0.05) is 13.0 Å². The third-order valence-electron chi connectivity index (χ3n) is 2.44. The summed E-state index contributed by atoms with van der Waals surface area (Å²) in [6, 6.07) is 5.22. The molecule has 1 rings (SSSR count). The number of alkyl halides is 6. The van der Waals surface area contributed by atoms with Gasteiger partial charge in [-0.1, -0.05) is 0 Å². The maximum absolute atomic E-state index is 11.2. The molecule has 146 valence electrons. The van der Waals surface area contributed by atoms with Crippen molar-refractivity contribution in [2.75, 3.05) is 19.5 Å². The standard InChI is InChI=1S/C10H13NO3.C4F6O2/c1-7(12)11-9-6-8(13-2)4-5-10(9)14-3;5-3(6,7)1(11)2(12)4(8,9)10/h4-6H,1-3H3,(H,11,12);. The molecule has 0 bridgehead atoms. The highest BCUT2D eigenvalue weighted by Crippen LogP contribution is 2.28. The fourth-order valence-corrected chi connectivity index (χ4v) is 1.36. The lowest BCUT2D eigenvalue weighted by Crippen LogP contribution is -2.39. The number of amides is 1. The van der Waals surface area contributed by atoms with Gasteiger partial charge >= 0.3 is 23.9 Å². The molecule has 0 aliphatic rings. The number of anilines is 1. The number of benzene rings is 1. The molecule has 0 saturated carbocycles. The molecule has 0 atom stereocenters. The van der Waals surface area contributed by atoms with Gasteiger partial charge in [-0.3, -0.25) is 14.4 Å². The molecule has 1 amide bonds. The van der Waals surface area contributed by atoms with Crippen LogP contribution in [0.15, 0.2) is 18.2 Å². The van der Waals surface area contributed by atoms with E-state index in [0.717, 1.165) is 0 Å². The molecular weight excluding hydrogens is 376 g/mol. The van der Waals surface area contributed by atoms with E-state index in [0.29, 0.717) is 17.2 Å². The second-order valence-electron chi connectivity index (χ2n) is 4.40. The highest BCUT2D eigenvalue weighted by atomic mass is 19.4. The van der Waals surface area contributed by atoms with Crippen LogP contribution in [0.3, 0.4) is 0 Å². The number of Topliss-reactive ketones (excluding diaryl/α,β-unsaturated/α-hetero) is 2. The number of ketones is 2. The first kappa shape index (κ1) is 23.2. The molecular formula is C14H13F6NO5. The maximum Gasteiger partial charge on any atom is 0.458 e. The third kappa shape index (κ3) is 7.40. The largest absolute Gasteiger partial charge is 0.497 e. The van der Waals surface area contributed by atoms with E-state index in [2.05, 4.69) is 5.32 Å². The van der Waals surface area contributed by atoms with Crippen LogP contribution in [0, 0.1) is 0 Å². The van der Waals surface area contributed by atoms with Gasteiger partial charge in [-0.2, -0.15) is 26.3 Å². The first-order valence-electron chi connectivity index (χ1n) is 6.46. The predicted octanol–water partition coefficient (Wildman–Crippen LogP) is 2.91. The quantitative estimate of drug-likeness (QED) is 0.633. The lowest BCUT2D eigenvalue weighted by Gasteiger charge is -2.10. The minimum atomic E-state index is -5.77. The third-order valence-corrected chi connectivity index (χ3v) is 2.44. The molecule has 1 N–H and O–H groups in total. The average Bonchev–Trinajstić information content (AvgIpc) is 2.51. The van der Waals surface area contributed by atoms with E-state index in [1.807, 2.05) is 0 Å². The van der Waals surface area contributed by atoms with Crippen LogP contribution >= 0.6 is 0 Å². The average molecular weight is 389 g/mol. The molecule has 1 aromatic carbocycles. The molecule has 6 nitrogen and oxygen atoms in total. The number of nitrogens with one attached hydrogen (secondary N) is 1. The predicted molar refractivity (Wildman–Crippen MR) is 76.0 cm³/mol. The van der Waals surface area contributed by atoms with Gasteiger partial charge in [0.2, 0.25) is 5.91 Å². The SMILES string of the molecule is COc1ccc(OC)c(NC(C)=O)c1.O=C(C(=O)C(F)(F)F)C(F)(F)F. The van der Waals surface area contributed by atoms with E-state index in [1.54, 1.807) is 32.4 Å². The Kier molecular flexibility index (Phi) is 8.09. The van der Waals surface area contributed by atoms with Gasteiger partial charge in [0.1, 0.15) is 11.5 Å². The van der Waals surface area contributed by atoms with E-state index in [4.69, 9.17) is 9.47 Å². The first-order valence-corrected chi connectivity index (χ1v) is 6.46. The Labute approximate surface area is 143 Å². The van der Waals surface area contributed by atoms with Gasteiger partial charge in [-0.05, 0) is 12.1 Å². The summed E-state index contributed by atoms with van der Waals surface area (Å²) >= 11 is 0. The van der Waals surface area contributed by atoms with Gasteiger partial charge in [-0.15, -0.1) is 0 Å². The molecule has 0 spiro atoms. The molecule has 0 aliphatic heterocycles. The van der Waals surface area contributed by atoms with Crippen molar-refractivity contribution in [3.05, 3.63) is 18.2 Å². The number of ether oxygens (including phenoxy) is 2. The molecule has 1 aromatic rings. The number of halogens is 6. The van der Waals surface area contributed by atoms with Crippen LogP contribution in [-0.2, 0) is 14.4 Å². The van der Waals surface area contributed by atoms with Crippen molar-refractivity contribution < 1.29 is 50.2 Å². The molecule has 0 fully saturated rings. The minimum Gasteiger partial charge on any atom is -0.497 e. The van der Waals surface area contributed by atoms with Crippen LogP contribution in [0.2, 0.25) is 0 Å². The zero-order chi connectivity index (χ0) is 20.7. The molecule has 12 heteroatoms. The smallest absolute Gasteiger partial charge is 0.458 e. The highest BCUT2D eigenvalue weighted by Gasteiger charge is 2.54. The number of hydrogen-bond acceptors (Lipinski definition) is 5. The first-order chi connectivity index (χ1) is 11.7. The summed E-state index contributed by atoms with van der Waals surface area (Å²) < 4.78 is 77.1. The molecule has 0 radical (unpaired) electrons. The minimum absolute atomic E-state index is 0.142. The molecule has 0 unspecified atom stereocenters. The van der Waals surface area contributed by atoms with Crippen LogP contribution in [0.25, 0.3) is 0 Å². The van der Waals surface area contributed by atoms with Crippen molar-refractivity contribution in [3.63, 3.8) is 0 Å². The van der Waals surface area contributed by atoms with Crippen molar-refractivity contribution in [2.45, 2.75) is 19.3 Å². The second kappa shape index (κ2) is 9.06. The zero-order valence-electron chi connectivity index (χ0n) is 13.5. The van der Waals surface area contributed by atoms with Crippen molar-refractivity contribution in [1.82, 2.24) is 0 Å². The number of methoxy groups -OCH3 is 2. The Morgan fingerprint density at radius 2 is 1.35 bits per heavy atom. The van der Waals surface area contributed by atoms with E-state index in [9.17, 15) is 40.7 Å². The fraction of sp³-hybridized carbons (Fsp3) is 0.357. The van der Waals surface area contributed by atoms with E-state index >= 15 is 0 Å². The topological polar surface area (TPSA) is 81.7 Å². The van der Waals surface area contributed by atoms with Crippen molar-refractivity contribution >= 4 is 23.2 Å². The van der Waals surface area contributed by atoms with Gasteiger partial charge in [0.05, 0.1) is 19.9 Å². The van der Waals surface area contributed by atoms with E-state index in [1.165, 1.54) is 6.92 Å². The van der Waals surface area contributed by atoms with Crippen molar-refractivity contribution in [1.29, 1.82) is 0 Å². The van der Waals surface area contributed by atoms with Crippen LogP contribution in [0.1, 0.15) is 6.92 Å². The van der Waals surface area contributed by atoms with Crippen molar-refractivity contribution in [3.8, 4) is 11.5 Å². The summed E-state index contributed by atoms with van der Waals surface area (Å²) in [7, 11) is 3.12. The summed E-state index contributed by atoms with van der Waals surface area (Å²) in [5.74, 6) is -5.67. The Morgan fingerprint density at radius 1 is 0.885 bits per heavy atom. The Hall–Kier alpha value is -2.79. The van der Waals surface area contributed by atoms with Crippen LogP contribution < -0.4 is 14.8 Å². The summed E-state index contributed by atoms with van der Waals surface area (Å²) in [6.45, 7) is 1.44. The number of rotatable bonds is 4. The molecule has 0 aromatic heterocycles. The van der Waals surface area contributed by atoms with Crippen LogP contribution in [-0.4, -0.2) is 44.0 Å². The molecule has 0 saturated heterocycles. The summed E-state index contributed by atoms with van der Waals surface area (Å²) in [5, 5.41) is 2.66. The number of hydrogen-bond donors (Lipinski definition) is 1. The second-order valence-corrected chi connectivity index (χ2v) is 4.40. The van der Waals surface area contributed by atoms with Gasteiger partial charge < -0.3 is 14.8 Å². The molecule has 26 heavy (non-hydrogen) atoms. The van der Waals surface area contributed by atoms with Crippen LogP contribution in [0.4, 0.5) is 32.0 Å². The Morgan fingerprint density at radius 3 is 1.65 bits per heavy atom. The highest BCUT2D eigenvalue weighted by molar-refractivity contribution is 6.41. The van der Waals surface area contributed by atoms with Gasteiger partial charge in [-0.25, -0.2) is 0 Å². The summed E-state index contributed by atoms with van der Waals surface area (Å²) in [4.78, 5) is 30.1. The Balaban J connectivity index is 0.000000488. The van der Waals surface area contributed by atoms with Crippen LogP contribution in [0.5, 0.6) is 11.5 Å². The monoisotopic (exact) mass is 389 g/mol. The fourth-order valence-electron chi connectivity index (χ4n) is 1.36. The van der Waals surface area contributed by atoms with Gasteiger partial charge in [0.25, 0.3) is 0 Å². The normalized spacial score (nSPS) is 11.0. The summed E-state index contributed by atoms with van der Waals surface area (Å²) in [6.07, 6.45) is -11.5. The van der Waals surface area contributed by atoms with E-state index in [-0.39, 0.29) is 5.91 Å². The maximum atomic E-state index is 11.2. The lowest BCUT2D eigenvalue weighted by molar-refractivity contribution is -0.193. The molecule has 0 aliphatic carbocycles. The van der Waals surface area contributed by atoms with Gasteiger partial charge in [0.15, 0.2) is 0 Å². The van der Waals surface area contributed by atoms with E-state index < -0.39 is 23.9 Å². The van der Waals surface area contributed by atoms with Crippen molar-refractivity contribution in [2.24, 2.45) is 0 Å².